The number of ether oxygens (including phenoxy) is 5. The van der Waals surface area contributed by atoms with E-state index in [4.69, 9.17) is 23.7 Å². The second-order valence-corrected chi connectivity index (χ2v) is 5.67. The zero-order valence-corrected chi connectivity index (χ0v) is 17.3. The summed E-state index contributed by atoms with van der Waals surface area (Å²) in [5.41, 5.74) is 0.660. The Kier molecular flexibility index (Phi) is 10.2. The fourth-order valence-electron chi connectivity index (χ4n) is 2.33. The van der Waals surface area contributed by atoms with Gasteiger partial charge >= 0.3 is 5.97 Å². The van der Waals surface area contributed by atoms with Crippen molar-refractivity contribution in [2.45, 2.75) is 54.1 Å². The number of carbonyl (C=O) groups is 1. The summed E-state index contributed by atoms with van der Waals surface area (Å²) < 4.78 is 28.4. The monoisotopic (exact) mass is 380 g/mol. The first-order valence-electron chi connectivity index (χ1n) is 9.62. The minimum atomic E-state index is -0.406. The van der Waals surface area contributed by atoms with Crippen LogP contribution in [0.1, 0.15) is 53.5 Å². The van der Waals surface area contributed by atoms with Crippen molar-refractivity contribution < 1.29 is 28.5 Å². The number of benzene rings is 1. The minimum Gasteiger partial charge on any atom is -0.490 e. The summed E-state index contributed by atoms with van der Waals surface area (Å²) in [7, 11) is 0. The Morgan fingerprint density at radius 3 is 2.00 bits per heavy atom. The van der Waals surface area contributed by atoms with Crippen molar-refractivity contribution in [3.63, 3.8) is 0 Å². The van der Waals surface area contributed by atoms with Gasteiger partial charge in [0, 0.05) is 11.6 Å². The van der Waals surface area contributed by atoms with Crippen molar-refractivity contribution in [1.82, 2.24) is 0 Å². The van der Waals surface area contributed by atoms with Gasteiger partial charge in [0.05, 0.1) is 32.5 Å². The quantitative estimate of drug-likeness (QED) is 0.389. The average Bonchev–Trinajstić information content (AvgIpc) is 2.65. The minimum absolute atomic E-state index is 0.133. The topological polar surface area (TPSA) is 63.2 Å². The molecule has 1 unspecified atom stereocenters. The molecule has 0 N–H and O–H groups in total. The lowest BCUT2D eigenvalue weighted by Crippen LogP contribution is -2.11. The van der Waals surface area contributed by atoms with Crippen LogP contribution >= 0.6 is 0 Å². The predicted octanol–water partition coefficient (Wildman–Crippen LogP) is 4.64. The summed E-state index contributed by atoms with van der Waals surface area (Å²) in [6.07, 6.45) is 3.66. The first kappa shape index (κ1) is 22.7. The lowest BCUT2D eigenvalue weighted by molar-refractivity contribution is -0.142. The van der Waals surface area contributed by atoms with Crippen LogP contribution < -0.4 is 18.9 Å². The van der Waals surface area contributed by atoms with Gasteiger partial charge in [-0.15, -0.1) is 0 Å². The van der Waals surface area contributed by atoms with E-state index in [-0.39, 0.29) is 6.10 Å². The van der Waals surface area contributed by atoms with Crippen molar-refractivity contribution in [1.29, 1.82) is 0 Å². The molecule has 0 saturated carbocycles. The molecule has 0 spiro atoms. The molecule has 6 heteroatoms. The molecule has 27 heavy (non-hydrogen) atoms. The Hall–Kier alpha value is -2.37. The zero-order valence-electron chi connectivity index (χ0n) is 17.3. The first-order chi connectivity index (χ1) is 13.0. The average molecular weight is 380 g/mol. The van der Waals surface area contributed by atoms with Crippen LogP contribution in [0, 0.1) is 0 Å². The second-order valence-electron chi connectivity index (χ2n) is 5.67. The molecule has 0 aromatic heterocycles. The van der Waals surface area contributed by atoms with Crippen molar-refractivity contribution in [2.24, 2.45) is 0 Å². The van der Waals surface area contributed by atoms with Crippen LogP contribution in [0.4, 0.5) is 0 Å². The van der Waals surface area contributed by atoms with E-state index in [1.54, 1.807) is 12.1 Å². The summed E-state index contributed by atoms with van der Waals surface area (Å²) in [6, 6.07) is 1.79. The highest BCUT2D eigenvalue weighted by Crippen LogP contribution is 2.47. The number of hydrogen-bond acceptors (Lipinski definition) is 6. The van der Waals surface area contributed by atoms with Crippen LogP contribution in [-0.2, 0) is 9.53 Å². The standard InChI is InChI=1S/C21H32O6/c1-7-15(6)27-18(22)13-12-16-14-17(23-8-2)20(25-10-4)21(26-11-5)19(16)24-9-3/h12-15H,7-11H2,1-6H3. The van der Waals surface area contributed by atoms with Gasteiger partial charge in [-0.25, -0.2) is 4.79 Å². The van der Waals surface area contributed by atoms with Gasteiger partial charge in [0.25, 0.3) is 0 Å². The van der Waals surface area contributed by atoms with Gasteiger partial charge in [-0.05, 0) is 53.2 Å². The van der Waals surface area contributed by atoms with Crippen LogP contribution in [0.2, 0.25) is 0 Å². The van der Waals surface area contributed by atoms with Gasteiger partial charge in [0.2, 0.25) is 11.5 Å². The summed E-state index contributed by atoms with van der Waals surface area (Å²) in [5.74, 6) is 1.63. The molecule has 0 aliphatic heterocycles. The van der Waals surface area contributed by atoms with Crippen LogP contribution in [0.3, 0.4) is 0 Å². The maximum atomic E-state index is 12.0. The van der Waals surface area contributed by atoms with E-state index >= 15 is 0 Å². The Labute approximate surface area is 162 Å². The Balaban J connectivity index is 3.40. The van der Waals surface area contributed by atoms with E-state index < -0.39 is 5.97 Å². The third kappa shape index (κ3) is 6.70. The van der Waals surface area contributed by atoms with Crippen molar-refractivity contribution in [2.75, 3.05) is 26.4 Å². The van der Waals surface area contributed by atoms with Gasteiger partial charge in [-0.3, -0.25) is 0 Å². The molecule has 1 atom stereocenters. The normalized spacial score (nSPS) is 11.9. The smallest absolute Gasteiger partial charge is 0.331 e. The summed E-state index contributed by atoms with van der Waals surface area (Å²) in [5, 5.41) is 0. The SMILES string of the molecule is CCOc1cc(C=CC(=O)OC(C)CC)c(OCC)c(OCC)c1OCC. The molecule has 6 nitrogen and oxygen atoms in total. The molecule has 0 bridgehead atoms. The molecule has 0 fully saturated rings. The zero-order chi connectivity index (χ0) is 20.2. The lowest BCUT2D eigenvalue weighted by atomic mass is 10.1. The Bertz CT molecular complexity index is 624. The Morgan fingerprint density at radius 1 is 0.889 bits per heavy atom. The number of rotatable bonds is 12. The maximum Gasteiger partial charge on any atom is 0.331 e. The van der Waals surface area contributed by atoms with Crippen molar-refractivity contribution in [3.05, 3.63) is 17.7 Å². The first-order valence-corrected chi connectivity index (χ1v) is 9.62. The molecular formula is C21H32O6. The van der Waals surface area contributed by atoms with Gasteiger partial charge < -0.3 is 23.7 Å². The molecule has 1 aromatic rings. The molecule has 0 saturated heterocycles. The molecule has 1 aromatic carbocycles. The van der Waals surface area contributed by atoms with E-state index in [0.717, 1.165) is 6.42 Å². The van der Waals surface area contributed by atoms with Gasteiger partial charge in [-0.1, -0.05) is 6.92 Å². The van der Waals surface area contributed by atoms with E-state index in [1.165, 1.54) is 6.08 Å². The maximum absolute atomic E-state index is 12.0. The summed E-state index contributed by atoms with van der Waals surface area (Å²) >= 11 is 0. The van der Waals surface area contributed by atoms with Crippen molar-refractivity contribution >= 4 is 12.0 Å². The fourth-order valence-corrected chi connectivity index (χ4v) is 2.33. The Morgan fingerprint density at radius 2 is 1.44 bits per heavy atom. The third-order valence-corrected chi connectivity index (χ3v) is 3.64. The van der Waals surface area contributed by atoms with Gasteiger partial charge in [-0.2, -0.15) is 0 Å². The second kappa shape index (κ2) is 12.1. The highest BCUT2D eigenvalue weighted by molar-refractivity contribution is 5.88. The third-order valence-electron chi connectivity index (χ3n) is 3.64. The molecule has 1 rings (SSSR count). The number of esters is 1. The summed E-state index contributed by atoms with van der Waals surface area (Å²) in [6.45, 7) is 13.2. The lowest BCUT2D eigenvalue weighted by Gasteiger charge is -2.20. The molecule has 0 aliphatic carbocycles. The largest absolute Gasteiger partial charge is 0.490 e. The molecular weight excluding hydrogens is 348 g/mol. The summed E-state index contributed by atoms with van der Waals surface area (Å²) in [4.78, 5) is 12.0. The van der Waals surface area contributed by atoms with Gasteiger partial charge in [0.1, 0.15) is 0 Å². The highest BCUT2D eigenvalue weighted by atomic mass is 16.6. The van der Waals surface area contributed by atoms with Crippen LogP contribution in [0.15, 0.2) is 12.1 Å². The van der Waals surface area contributed by atoms with Crippen LogP contribution in [0.5, 0.6) is 23.0 Å². The number of carbonyl (C=O) groups excluding carboxylic acids is 1. The van der Waals surface area contributed by atoms with E-state index in [0.29, 0.717) is 55.0 Å². The molecule has 0 amide bonds. The van der Waals surface area contributed by atoms with E-state index in [2.05, 4.69) is 0 Å². The predicted molar refractivity (Wildman–Crippen MR) is 106 cm³/mol. The van der Waals surface area contributed by atoms with Crippen LogP contribution in [-0.4, -0.2) is 38.5 Å². The molecule has 0 heterocycles. The molecule has 152 valence electrons. The van der Waals surface area contributed by atoms with Crippen LogP contribution in [0.25, 0.3) is 6.08 Å². The molecule has 0 radical (unpaired) electrons. The fraction of sp³-hybridized carbons (Fsp3) is 0.571. The van der Waals surface area contributed by atoms with E-state index in [9.17, 15) is 4.79 Å². The van der Waals surface area contributed by atoms with E-state index in [1.807, 2.05) is 41.5 Å². The number of hydrogen-bond donors (Lipinski definition) is 0. The van der Waals surface area contributed by atoms with Crippen molar-refractivity contribution in [3.8, 4) is 23.0 Å². The van der Waals surface area contributed by atoms with Gasteiger partial charge in [0.15, 0.2) is 11.5 Å². The highest BCUT2D eigenvalue weighted by Gasteiger charge is 2.22. The molecule has 0 aliphatic rings.